The van der Waals surface area contributed by atoms with Crippen LogP contribution in [0.3, 0.4) is 0 Å². The maximum Gasteiger partial charge on any atom is 0.322 e. The number of amides is 2. The summed E-state index contributed by atoms with van der Waals surface area (Å²) in [5, 5.41) is 17.4. The molecule has 0 spiro atoms. The number of benzene rings is 2. The summed E-state index contributed by atoms with van der Waals surface area (Å²) in [6, 6.07) is 9.36. The fourth-order valence-electron chi connectivity index (χ4n) is 4.03. The summed E-state index contributed by atoms with van der Waals surface area (Å²) >= 11 is 0. The minimum absolute atomic E-state index is 0.0497. The molecule has 2 amide bonds. The normalized spacial score (nSPS) is 17.1. The summed E-state index contributed by atoms with van der Waals surface area (Å²) in [5.74, 6) is 2.13. The lowest BCUT2D eigenvalue weighted by Gasteiger charge is -2.34. The largest absolute Gasteiger partial charge is 0.504 e. The molecule has 10 heteroatoms. The van der Waals surface area contributed by atoms with Crippen molar-refractivity contribution in [2.24, 2.45) is 0 Å². The molecule has 34 heavy (non-hydrogen) atoms. The smallest absolute Gasteiger partial charge is 0.322 e. The van der Waals surface area contributed by atoms with E-state index in [0.717, 1.165) is 0 Å². The molecule has 3 heterocycles. The monoisotopic (exact) mass is 462 g/mol. The van der Waals surface area contributed by atoms with Crippen LogP contribution < -0.4 is 19.5 Å². The second-order valence-corrected chi connectivity index (χ2v) is 7.70. The van der Waals surface area contributed by atoms with E-state index >= 15 is 0 Å². The molecule has 0 saturated carbocycles. The zero-order valence-corrected chi connectivity index (χ0v) is 18.6. The Labute approximate surface area is 195 Å². The zero-order chi connectivity index (χ0) is 23.8. The van der Waals surface area contributed by atoms with Gasteiger partial charge in [0.25, 0.3) is 5.89 Å². The Morgan fingerprint density at radius 3 is 2.85 bits per heavy atom. The van der Waals surface area contributed by atoms with Crippen molar-refractivity contribution in [1.29, 1.82) is 0 Å². The molecule has 2 N–H and O–H groups in total. The molecule has 0 bridgehead atoms. The molecule has 0 fully saturated rings. The maximum absolute atomic E-state index is 12.9. The minimum Gasteiger partial charge on any atom is -0.504 e. The first-order chi connectivity index (χ1) is 16.5. The SMILES string of the molecule is C=CCN1C(=O)NC(c2ccc(OC)c(O)c2)C(c2nc(-c3ccc4c(c3)OCO4)no2)=C1C. The average Bonchev–Trinajstić information content (AvgIpc) is 3.50. The van der Waals surface area contributed by atoms with E-state index < -0.39 is 6.04 Å². The van der Waals surface area contributed by atoms with Crippen LogP contribution in [-0.4, -0.2) is 46.6 Å². The Balaban J connectivity index is 1.59. The number of phenols is 1. The number of rotatable bonds is 6. The van der Waals surface area contributed by atoms with Gasteiger partial charge in [0.2, 0.25) is 12.6 Å². The van der Waals surface area contributed by atoms with Gasteiger partial charge in [-0.05, 0) is 42.8 Å². The van der Waals surface area contributed by atoms with E-state index in [0.29, 0.717) is 52.0 Å². The number of carbonyl (C=O) groups is 1. The molecule has 1 unspecified atom stereocenters. The third kappa shape index (κ3) is 3.58. The summed E-state index contributed by atoms with van der Waals surface area (Å²) in [4.78, 5) is 19.0. The predicted octanol–water partition coefficient (Wildman–Crippen LogP) is 3.86. The fraction of sp³-hybridized carbons (Fsp3) is 0.208. The molecule has 2 aliphatic rings. The van der Waals surface area contributed by atoms with Crippen LogP contribution in [0, 0.1) is 0 Å². The van der Waals surface area contributed by atoms with Gasteiger partial charge in [0.05, 0.1) is 18.7 Å². The van der Waals surface area contributed by atoms with E-state index in [1.807, 2.05) is 6.07 Å². The van der Waals surface area contributed by atoms with Crippen LogP contribution in [0.1, 0.15) is 24.4 Å². The first-order valence-corrected chi connectivity index (χ1v) is 10.5. The quantitative estimate of drug-likeness (QED) is 0.530. The molecular weight excluding hydrogens is 440 g/mol. The van der Waals surface area contributed by atoms with E-state index in [1.165, 1.54) is 18.1 Å². The Hall–Kier alpha value is -4.47. The summed E-state index contributed by atoms with van der Waals surface area (Å²) < 4.78 is 21.6. The van der Waals surface area contributed by atoms with E-state index in [2.05, 4.69) is 22.0 Å². The topological polar surface area (TPSA) is 119 Å². The standard InChI is InChI=1S/C24H22N4O6/c1-4-9-28-13(2)20(21(25-24(28)30)14-5-7-17(31-3)16(29)10-14)23-26-22(27-34-23)15-6-8-18-19(11-15)33-12-32-18/h4-8,10-11,21,29H,1,9,12H2,2-3H3,(H,25,30). The number of fused-ring (bicyclic) bond motifs is 1. The van der Waals surface area contributed by atoms with Gasteiger partial charge in [-0.2, -0.15) is 4.98 Å². The summed E-state index contributed by atoms with van der Waals surface area (Å²) in [7, 11) is 1.47. The van der Waals surface area contributed by atoms with Crippen LogP contribution in [0.25, 0.3) is 17.0 Å². The number of methoxy groups -OCH3 is 1. The molecule has 2 aromatic carbocycles. The zero-order valence-electron chi connectivity index (χ0n) is 18.6. The number of urea groups is 1. The number of phenolic OH excluding ortho intramolecular Hbond substituents is 1. The summed E-state index contributed by atoms with van der Waals surface area (Å²) in [6.45, 7) is 6.00. The van der Waals surface area contributed by atoms with Crippen LogP contribution in [0.2, 0.25) is 0 Å². The molecular formula is C24H22N4O6. The second kappa shape index (κ2) is 8.47. The number of carbonyl (C=O) groups excluding carboxylic acids is 1. The maximum atomic E-state index is 12.9. The highest BCUT2D eigenvalue weighted by Crippen LogP contribution is 2.40. The number of aromatic nitrogens is 2. The fourth-order valence-corrected chi connectivity index (χ4v) is 4.03. The molecule has 0 radical (unpaired) electrons. The number of hydrogen-bond donors (Lipinski definition) is 2. The van der Waals surface area contributed by atoms with Crippen molar-refractivity contribution in [2.75, 3.05) is 20.4 Å². The van der Waals surface area contributed by atoms with Gasteiger partial charge < -0.3 is 29.2 Å². The van der Waals surface area contributed by atoms with Gasteiger partial charge >= 0.3 is 6.03 Å². The van der Waals surface area contributed by atoms with Crippen LogP contribution in [0.5, 0.6) is 23.0 Å². The first-order valence-electron chi connectivity index (χ1n) is 10.5. The van der Waals surface area contributed by atoms with Crippen LogP contribution in [0.15, 0.2) is 59.3 Å². The highest BCUT2D eigenvalue weighted by molar-refractivity contribution is 5.87. The molecule has 174 valence electrons. The lowest BCUT2D eigenvalue weighted by Crippen LogP contribution is -2.46. The van der Waals surface area contributed by atoms with Gasteiger partial charge in [-0.3, -0.25) is 4.90 Å². The highest BCUT2D eigenvalue weighted by Gasteiger charge is 2.35. The third-order valence-corrected chi connectivity index (χ3v) is 5.73. The van der Waals surface area contributed by atoms with Gasteiger partial charge in [0.1, 0.15) is 0 Å². The molecule has 3 aromatic rings. The van der Waals surface area contributed by atoms with Crippen molar-refractivity contribution >= 4 is 11.6 Å². The Morgan fingerprint density at radius 2 is 2.09 bits per heavy atom. The number of aromatic hydroxyl groups is 1. The van der Waals surface area contributed by atoms with E-state index in [1.54, 1.807) is 37.3 Å². The van der Waals surface area contributed by atoms with Gasteiger partial charge in [-0.25, -0.2) is 4.79 Å². The number of ether oxygens (including phenoxy) is 3. The van der Waals surface area contributed by atoms with Gasteiger partial charge in [0, 0.05) is 17.8 Å². The minimum atomic E-state index is -0.643. The van der Waals surface area contributed by atoms with Crippen LogP contribution in [0.4, 0.5) is 4.79 Å². The number of hydrogen-bond acceptors (Lipinski definition) is 8. The first kappa shape index (κ1) is 21.4. The Kier molecular flexibility index (Phi) is 5.33. The predicted molar refractivity (Wildman–Crippen MR) is 121 cm³/mol. The lowest BCUT2D eigenvalue weighted by atomic mass is 9.94. The number of nitrogens with one attached hydrogen (secondary N) is 1. The van der Waals surface area contributed by atoms with Crippen molar-refractivity contribution < 1.29 is 28.6 Å². The highest BCUT2D eigenvalue weighted by atomic mass is 16.7. The third-order valence-electron chi connectivity index (χ3n) is 5.73. The van der Waals surface area contributed by atoms with E-state index in [-0.39, 0.29) is 24.5 Å². The number of nitrogens with zero attached hydrogens (tertiary/aromatic N) is 3. The van der Waals surface area contributed by atoms with Crippen molar-refractivity contribution in [3.8, 4) is 34.4 Å². The molecule has 10 nitrogen and oxygen atoms in total. The average molecular weight is 462 g/mol. The van der Waals surface area contributed by atoms with Gasteiger partial charge in [-0.1, -0.05) is 17.3 Å². The van der Waals surface area contributed by atoms with Gasteiger partial charge in [0.15, 0.2) is 23.0 Å². The molecule has 5 rings (SSSR count). The van der Waals surface area contributed by atoms with Gasteiger partial charge in [-0.15, -0.1) is 6.58 Å². The molecule has 1 atom stereocenters. The van der Waals surface area contributed by atoms with Crippen molar-refractivity contribution in [3.63, 3.8) is 0 Å². The summed E-state index contributed by atoms with van der Waals surface area (Å²) in [6.07, 6.45) is 1.63. The number of allylic oxidation sites excluding steroid dienone is 1. The Morgan fingerprint density at radius 1 is 1.26 bits per heavy atom. The van der Waals surface area contributed by atoms with Crippen molar-refractivity contribution in [2.45, 2.75) is 13.0 Å². The van der Waals surface area contributed by atoms with E-state index in [4.69, 9.17) is 18.7 Å². The molecule has 0 aliphatic carbocycles. The lowest BCUT2D eigenvalue weighted by molar-refractivity contribution is 0.174. The molecule has 0 saturated heterocycles. The Bertz CT molecular complexity index is 1310. The molecule has 1 aromatic heterocycles. The molecule has 2 aliphatic heterocycles. The second-order valence-electron chi connectivity index (χ2n) is 7.70. The summed E-state index contributed by atoms with van der Waals surface area (Å²) in [5.41, 5.74) is 2.55. The van der Waals surface area contributed by atoms with Crippen molar-refractivity contribution in [1.82, 2.24) is 20.4 Å². The van der Waals surface area contributed by atoms with Crippen LogP contribution in [-0.2, 0) is 0 Å². The van der Waals surface area contributed by atoms with E-state index in [9.17, 15) is 9.90 Å². The van der Waals surface area contributed by atoms with Crippen molar-refractivity contribution in [3.05, 3.63) is 66.2 Å². The van der Waals surface area contributed by atoms with Crippen LogP contribution >= 0.6 is 0 Å².